The first kappa shape index (κ1) is 9.88. The normalized spacial score (nSPS) is 10.2. The Morgan fingerprint density at radius 2 is 1.80 bits per heavy atom. The average Bonchev–Trinajstić information content (AvgIpc) is 1.97. The summed E-state index contributed by atoms with van der Waals surface area (Å²) in [5.41, 5.74) is 5.29. The summed E-state index contributed by atoms with van der Waals surface area (Å²) in [7, 11) is 0. The van der Waals surface area contributed by atoms with Crippen LogP contribution in [0.5, 0.6) is 0 Å². The zero-order valence-corrected chi connectivity index (χ0v) is 6.82. The molecule has 0 saturated heterocycles. The molecule has 3 heteroatoms. The maximum atomic E-state index is 5.29. The first-order valence-corrected chi connectivity index (χ1v) is 4.03. The molecule has 0 atom stereocenters. The summed E-state index contributed by atoms with van der Waals surface area (Å²) in [6.45, 7) is 7.04. The van der Waals surface area contributed by atoms with Crippen LogP contribution in [0.15, 0.2) is 0 Å². The topological polar surface area (TPSA) is 50.1 Å². The lowest BCUT2D eigenvalue weighted by molar-refractivity contribution is 0.610. The van der Waals surface area contributed by atoms with Gasteiger partial charge >= 0.3 is 0 Å². The van der Waals surface area contributed by atoms with E-state index in [1.807, 2.05) is 0 Å². The van der Waals surface area contributed by atoms with E-state index in [9.17, 15) is 0 Å². The molecule has 0 aliphatic carbocycles. The van der Waals surface area contributed by atoms with Crippen molar-refractivity contribution in [2.24, 2.45) is 5.73 Å². The predicted molar refractivity (Wildman–Crippen MR) is 45.1 cm³/mol. The van der Waals surface area contributed by atoms with Crippen molar-refractivity contribution in [1.82, 2.24) is 10.6 Å². The van der Waals surface area contributed by atoms with Crippen LogP contribution in [-0.4, -0.2) is 32.7 Å². The Balaban J connectivity index is 2.65. The molecule has 3 nitrogen and oxygen atoms in total. The van der Waals surface area contributed by atoms with Gasteiger partial charge in [0.1, 0.15) is 0 Å². The van der Waals surface area contributed by atoms with Gasteiger partial charge in [-0.05, 0) is 26.1 Å². The van der Waals surface area contributed by atoms with Gasteiger partial charge in [0.05, 0.1) is 0 Å². The molecule has 0 bridgehead atoms. The van der Waals surface area contributed by atoms with Crippen LogP contribution < -0.4 is 16.4 Å². The number of rotatable bonds is 7. The van der Waals surface area contributed by atoms with Crippen LogP contribution in [0.25, 0.3) is 0 Å². The third-order valence-electron chi connectivity index (χ3n) is 1.28. The Bertz CT molecular complexity index is 48.8. The second-order valence-electron chi connectivity index (χ2n) is 2.25. The number of nitrogens with one attached hydrogen (secondary N) is 2. The highest BCUT2D eigenvalue weighted by molar-refractivity contribution is 4.49. The molecule has 0 fully saturated rings. The second kappa shape index (κ2) is 8.88. The summed E-state index contributed by atoms with van der Waals surface area (Å²) in [5.74, 6) is 0. The SMILES string of the molecule is CCNCCCNCCN. The van der Waals surface area contributed by atoms with Crippen molar-refractivity contribution in [1.29, 1.82) is 0 Å². The molecule has 62 valence electrons. The van der Waals surface area contributed by atoms with E-state index in [-0.39, 0.29) is 0 Å². The Labute approximate surface area is 63.4 Å². The fraction of sp³-hybridized carbons (Fsp3) is 1.00. The third kappa shape index (κ3) is 7.88. The molecule has 10 heavy (non-hydrogen) atoms. The van der Waals surface area contributed by atoms with Gasteiger partial charge in [-0.3, -0.25) is 0 Å². The van der Waals surface area contributed by atoms with Crippen LogP contribution in [-0.2, 0) is 0 Å². The van der Waals surface area contributed by atoms with Gasteiger partial charge in [0.15, 0.2) is 0 Å². The molecular formula is C7H19N3. The van der Waals surface area contributed by atoms with Crippen molar-refractivity contribution in [2.75, 3.05) is 32.7 Å². The van der Waals surface area contributed by atoms with E-state index in [0.29, 0.717) is 0 Å². The first-order valence-electron chi connectivity index (χ1n) is 4.03. The Morgan fingerprint density at radius 1 is 1.10 bits per heavy atom. The molecule has 0 radical (unpaired) electrons. The Morgan fingerprint density at radius 3 is 2.40 bits per heavy atom. The summed E-state index contributed by atoms with van der Waals surface area (Å²) in [6.07, 6.45) is 1.19. The summed E-state index contributed by atoms with van der Waals surface area (Å²) in [4.78, 5) is 0. The van der Waals surface area contributed by atoms with Crippen LogP contribution in [0, 0.1) is 0 Å². The lowest BCUT2D eigenvalue weighted by Crippen LogP contribution is -2.26. The molecule has 0 aromatic rings. The van der Waals surface area contributed by atoms with E-state index in [0.717, 1.165) is 32.7 Å². The minimum Gasteiger partial charge on any atom is -0.329 e. The fourth-order valence-electron chi connectivity index (χ4n) is 0.742. The lowest BCUT2D eigenvalue weighted by atomic mass is 10.4. The first-order chi connectivity index (χ1) is 4.91. The third-order valence-corrected chi connectivity index (χ3v) is 1.28. The molecule has 0 amide bonds. The molecule has 0 saturated carbocycles. The highest BCUT2D eigenvalue weighted by Crippen LogP contribution is 1.71. The largest absolute Gasteiger partial charge is 0.329 e. The Kier molecular flexibility index (Phi) is 8.77. The van der Waals surface area contributed by atoms with Crippen molar-refractivity contribution >= 4 is 0 Å². The molecule has 0 aliphatic rings. The fourth-order valence-corrected chi connectivity index (χ4v) is 0.742. The smallest absolute Gasteiger partial charge is 0.00745 e. The average molecular weight is 145 g/mol. The van der Waals surface area contributed by atoms with Gasteiger partial charge in [-0.2, -0.15) is 0 Å². The van der Waals surface area contributed by atoms with E-state index in [4.69, 9.17) is 5.73 Å². The summed E-state index contributed by atoms with van der Waals surface area (Å²) < 4.78 is 0. The molecule has 0 aromatic heterocycles. The van der Waals surface area contributed by atoms with Crippen molar-refractivity contribution in [3.8, 4) is 0 Å². The Hall–Kier alpha value is -0.120. The number of nitrogens with two attached hydrogens (primary N) is 1. The highest BCUT2D eigenvalue weighted by Gasteiger charge is 1.84. The molecule has 0 aromatic carbocycles. The molecule has 0 unspecified atom stereocenters. The van der Waals surface area contributed by atoms with E-state index < -0.39 is 0 Å². The van der Waals surface area contributed by atoms with Crippen LogP contribution >= 0.6 is 0 Å². The van der Waals surface area contributed by atoms with Crippen LogP contribution in [0.4, 0.5) is 0 Å². The molecular weight excluding hydrogens is 126 g/mol. The summed E-state index contributed by atoms with van der Waals surface area (Å²) >= 11 is 0. The molecule has 0 aliphatic heterocycles. The molecule has 0 rings (SSSR count). The van der Waals surface area contributed by atoms with Crippen LogP contribution in [0.1, 0.15) is 13.3 Å². The lowest BCUT2D eigenvalue weighted by Gasteiger charge is -2.02. The number of hydrogen-bond donors (Lipinski definition) is 3. The van der Waals surface area contributed by atoms with Crippen molar-refractivity contribution < 1.29 is 0 Å². The minimum atomic E-state index is 0.737. The zero-order chi connectivity index (χ0) is 7.66. The quantitative estimate of drug-likeness (QED) is 0.425. The van der Waals surface area contributed by atoms with E-state index >= 15 is 0 Å². The van der Waals surface area contributed by atoms with Crippen molar-refractivity contribution in [3.63, 3.8) is 0 Å². The van der Waals surface area contributed by atoms with Gasteiger partial charge in [-0.15, -0.1) is 0 Å². The minimum absolute atomic E-state index is 0.737. The van der Waals surface area contributed by atoms with Crippen LogP contribution in [0.2, 0.25) is 0 Å². The molecule has 0 spiro atoms. The monoisotopic (exact) mass is 145 g/mol. The van der Waals surface area contributed by atoms with E-state index in [2.05, 4.69) is 17.6 Å². The van der Waals surface area contributed by atoms with E-state index in [1.165, 1.54) is 6.42 Å². The molecule has 4 N–H and O–H groups in total. The number of hydrogen-bond acceptors (Lipinski definition) is 3. The van der Waals surface area contributed by atoms with Gasteiger partial charge in [0.25, 0.3) is 0 Å². The second-order valence-corrected chi connectivity index (χ2v) is 2.25. The zero-order valence-electron chi connectivity index (χ0n) is 6.82. The predicted octanol–water partition coefficient (Wildman–Crippen LogP) is -0.466. The van der Waals surface area contributed by atoms with Gasteiger partial charge in [0.2, 0.25) is 0 Å². The van der Waals surface area contributed by atoms with Crippen molar-refractivity contribution in [3.05, 3.63) is 0 Å². The standard InChI is InChI=1S/C7H19N3/c1-2-9-5-3-6-10-7-4-8/h9-10H,2-8H2,1H3. The van der Waals surface area contributed by atoms with Crippen LogP contribution in [0.3, 0.4) is 0 Å². The van der Waals surface area contributed by atoms with E-state index in [1.54, 1.807) is 0 Å². The van der Waals surface area contributed by atoms with Gasteiger partial charge in [-0.1, -0.05) is 6.92 Å². The van der Waals surface area contributed by atoms with Gasteiger partial charge < -0.3 is 16.4 Å². The summed E-state index contributed by atoms with van der Waals surface area (Å²) in [6, 6.07) is 0. The van der Waals surface area contributed by atoms with Gasteiger partial charge in [-0.25, -0.2) is 0 Å². The van der Waals surface area contributed by atoms with Crippen molar-refractivity contribution in [2.45, 2.75) is 13.3 Å². The molecule has 0 heterocycles. The maximum Gasteiger partial charge on any atom is 0.00745 e. The summed E-state index contributed by atoms with van der Waals surface area (Å²) in [5, 5.41) is 6.48. The maximum absolute atomic E-state index is 5.29. The highest BCUT2D eigenvalue weighted by atomic mass is 14.9. The van der Waals surface area contributed by atoms with Gasteiger partial charge in [0, 0.05) is 13.1 Å².